The minimum atomic E-state index is 0.208. The van der Waals surface area contributed by atoms with Crippen LogP contribution in [0.4, 0.5) is 0 Å². The van der Waals surface area contributed by atoms with E-state index in [1.165, 1.54) is 5.56 Å². The van der Waals surface area contributed by atoms with Gasteiger partial charge in [0.15, 0.2) is 0 Å². The summed E-state index contributed by atoms with van der Waals surface area (Å²) < 4.78 is 0. The summed E-state index contributed by atoms with van der Waals surface area (Å²) in [5.41, 5.74) is 1.53. The zero-order valence-electron chi connectivity index (χ0n) is 10.8. The monoisotopic (exact) mass is 234 g/mol. The fourth-order valence-corrected chi connectivity index (χ4v) is 2.73. The molecule has 0 aromatic carbocycles. The minimum Gasteiger partial charge on any atom is -0.396 e. The first-order valence-electron chi connectivity index (χ1n) is 6.34. The Morgan fingerprint density at radius 1 is 1.41 bits per heavy atom. The average molecular weight is 234 g/mol. The van der Waals surface area contributed by atoms with Crippen LogP contribution in [0.25, 0.3) is 0 Å². The molecule has 3 nitrogen and oxygen atoms in total. The molecule has 1 aliphatic heterocycles. The van der Waals surface area contributed by atoms with Crippen molar-refractivity contribution in [2.75, 3.05) is 19.7 Å². The number of rotatable bonds is 3. The van der Waals surface area contributed by atoms with Gasteiger partial charge in [0, 0.05) is 32.1 Å². The van der Waals surface area contributed by atoms with Crippen molar-refractivity contribution in [3.05, 3.63) is 30.1 Å². The van der Waals surface area contributed by atoms with E-state index < -0.39 is 0 Å². The lowest BCUT2D eigenvalue weighted by atomic mass is 9.74. The average Bonchev–Trinajstić information content (AvgIpc) is 2.29. The van der Waals surface area contributed by atoms with Crippen LogP contribution in [0.3, 0.4) is 0 Å². The maximum absolute atomic E-state index is 9.38. The van der Waals surface area contributed by atoms with E-state index in [4.69, 9.17) is 0 Å². The molecule has 1 saturated heterocycles. The van der Waals surface area contributed by atoms with Crippen LogP contribution < -0.4 is 0 Å². The van der Waals surface area contributed by atoms with E-state index >= 15 is 0 Å². The molecular weight excluding hydrogens is 212 g/mol. The fraction of sp³-hybridized carbons (Fsp3) is 0.643. The maximum atomic E-state index is 9.38. The lowest BCUT2D eigenvalue weighted by Gasteiger charge is -2.43. The van der Waals surface area contributed by atoms with Gasteiger partial charge in [0.25, 0.3) is 0 Å². The summed E-state index contributed by atoms with van der Waals surface area (Å²) in [5, 5.41) is 9.38. The Morgan fingerprint density at radius 3 is 2.71 bits per heavy atom. The molecule has 17 heavy (non-hydrogen) atoms. The molecule has 0 radical (unpaired) electrons. The highest BCUT2D eigenvalue weighted by Crippen LogP contribution is 2.34. The first-order valence-corrected chi connectivity index (χ1v) is 6.34. The van der Waals surface area contributed by atoms with Crippen molar-refractivity contribution in [3.8, 4) is 0 Å². The molecular formula is C14H22N2O. The van der Waals surface area contributed by atoms with Gasteiger partial charge in [-0.05, 0) is 42.0 Å². The molecule has 0 amide bonds. The fourth-order valence-electron chi connectivity index (χ4n) is 2.73. The van der Waals surface area contributed by atoms with Crippen LogP contribution in [0.5, 0.6) is 0 Å². The standard InChI is InChI=1S/C14H22N2O/c1-14(2)11-16(8-5-13(14)10-17)9-12-3-6-15-7-4-12/h3-4,6-7,13,17H,5,8-11H2,1-2H3. The van der Waals surface area contributed by atoms with E-state index in [0.29, 0.717) is 12.5 Å². The van der Waals surface area contributed by atoms with Gasteiger partial charge in [-0.2, -0.15) is 0 Å². The molecule has 2 heterocycles. The highest BCUT2D eigenvalue weighted by Gasteiger charge is 2.35. The van der Waals surface area contributed by atoms with Gasteiger partial charge >= 0.3 is 0 Å². The van der Waals surface area contributed by atoms with Crippen molar-refractivity contribution in [1.82, 2.24) is 9.88 Å². The first kappa shape index (κ1) is 12.5. The molecule has 94 valence electrons. The minimum absolute atomic E-state index is 0.208. The maximum Gasteiger partial charge on any atom is 0.0465 e. The van der Waals surface area contributed by atoms with E-state index in [1.807, 2.05) is 12.4 Å². The Bertz CT molecular complexity index is 350. The molecule has 1 aliphatic rings. The SMILES string of the molecule is CC1(C)CN(Cc2ccncc2)CCC1CO. The second-order valence-corrected chi connectivity index (χ2v) is 5.72. The molecule has 1 fully saturated rings. The molecule has 3 heteroatoms. The van der Waals surface area contributed by atoms with Crippen molar-refractivity contribution in [2.45, 2.75) is 26.8 Å². The van der Waals surface area contributed by atoms with Crippen LogP contribution in [-0.2, 0) is 6.54 Å². The molecule has 2 rings (SSSR count). The van der Waals surface area contributed by atoms with E-state index in [9.17, 15) is 5.11 Å². The number of likely N-dealkylation sites (tertiary alicyclic amines) is 1. The summed E-state index contributed by atoms with van der Waals surface area (Å²) in [5.74, 6) is 0.441. The third kappa shape index (κ3) is 3.05. The van der Waals surface area contributed by atoms with E-state index in [0.717, 1.165) is 26.1 Å². The highest BCUT2D eigenvalue weighted by atomic mass is 16.3. The van der Waals surface area contributed by atoms with Gasteiger partial charge in [0.1, 0.15) is 0 Å². The van der Waals surface area contributed by atoms with Crippen molar-refractivity contribution in [3.63, 3.8) is 0 Å². The normalized spacial score (nSPS) is 24.8. The predicted molar refractivity (Wildman–Crippen MR) is 68.5 cm³/mol. The van der Waals surface area contributed by atoms with Crippen LogP contribution in [0, 0.1) is 11.3 Å². The highest BCUT2D eigenvalue weighted by molar-refractivity contribution is 5.09. The van der Waals surface area contributed by atoms with Crippen molar-refractivity contribution < 1.29 is 5.11 Å². The molecule has 1 unspecified atom stereocenters. The number of aromatic nitrogens is 1. The van der Waals surface area contributed by atoms with Crippen LogP contribution in [0.1, 0.15) is 25.8 Å². The van der Waals surface area contributed by atoms with Crippen LogP contribution >= 0.6 is 0 Å². The summed E-state index contributed by atoms with van der Waals surface area (Å²) in [4.78, 5) is 6.51. The number of piperidine rings is 1. The summed E-state index contributed by atoms with van der Waals surface area (Å²) in [6.07, 6.45) is 4.79. The van der Waals surface area contributed by atoms with Gasteiger partial charge in [-0.1, -0.05) is 13.8 Å². The van der Waals surface area contributed by atoms with E-state index in [2.05, 4.69) is 35.9 Å². The number of aliphatic hydroxyl groups excluding tert-OH is 1. The molecule has 1 N–H and O–H groups in total. The van der Waals surface area contributed by atoms with Crippen molar-refractivity contribution >= 4 is 0 Å². The number of hydrogen-bond donors (Lipinski definition) is 1. The zero-order valence-corrected chi connectivity index (χ0v) is 10.8. The Hall–Kier alpha value is -0.930. The van der Waals surface area contributed by atoms with Crippen molar-refractivity contribution in [2.24, 2.45) is 11.3 Å². The Kier molecular flexibility index (Phi) is 3.79. The summed E-state index contributed by atoms with van der Waals surface area (Å²) in [6, 6.07) is 4.15. The molecule has 1 atom stereocenters. The lowest BCUT2D eigenvalue weighted by molar-refractivity contribution is 0.0178. The number of aliphatic hydroxyl groups is 1. The molecule has 1 aromatic heterocycles. The van der Waals surface area contributed by atoms with Crippen LogP contribution in [0.2, 0.25) is 0 Å². The number of pyridine rings is 1. The van der Waals surface area contributed by atoms with Crippen LogP contribution in [0.15, 0.2) is 24.5 Å². The van der Waals surface area contributed by atoms with Gasteiger partial charge in [-0.25, -0.2) is 0 Å². The lowest BCUT2D eigenvalue weighted by Crippen LogP contribution is -2.46. The summed E-state index contributed by atoms with van der Waals surface area (Å²) in [7, 11) is 0. The van der Waals surface area contributed by atoms with Crippen molar-refractivity contribution in [1.29, 1.82) is 0 Å². The molecule has 0 aliphatic carbocycles. The Balaban J connectivity index is 1.97. The first-order chi connectivity index (χ1) is 8.12. The topological polar surface area (TPSA) is 36.4 Å². The summed E-state index contributed by atoms with van der Waals surface area (Å²) in [6.45, 7) is 7.96. The van der Waals surface area contributed by atoms with E-state index in [1.54, 1.807) is 0 Å². The van der Waals surface area contributed by atoms with Gasteiger partial charge < -0.3 is 5.11 Å². The number of hydrogen-bond acceptors (Lipinski definition) is 3. The molecule has 1 aromatic rings. The Labute approximate surface area is 103 Å². The molecule has 0 saturated carbocycles. The number of nitrogens with zero attached hydrogens (tertiary/aromatic N) is 2. The summed E-state index contributed by atoms with van der Waals surface area (Å²) >= 11 is 0. The van der Waals surface area contributed by atoms with Gasteiger partial charge in [-0.15, -0.1) is 0 Å². The van der Waals surface area contributed by atoms with Gasteiger partial charge in [0.05, 0.1) is 0 Å². The van der Waals surface area contributed by atoms with Gasteiger partial charge in [-0.3, -0.25) is 9.88 Å². The van der Waals surface area contributed by atoms with Gasteiger partial charge in [0.2, 0.25) is 0 Å². The van der Waals surface area contributed by atoms with Crippen LogP contribution in [-0.4, -0.2) is 34.7 Å². The smallest absolute Gasteiger partial charge is 0.0465 e. The van der Waals surface area contributed by atoms with E-state index in [-0.39, 0.29) is 5.41 Å². The second-order valence-electron chi connectivity index (χ2n) is 5.72. The zero-order chi connectivity index (χ0) is 12.3. The molecule has 0 spiro atoms. The molecule has 0 bridgehead atoms. The third-order valence-corrected chi connectivity index (χ3v) is 3.91. The third-order valence-electron chi connectivity index (χ3n) is 3.91. The predicted octanol–water partition coefficient (Wildman–Crippen LogP) is 1.92. The second kappa shape index (κ2) is 5.15. The Morgan fingerprint density at radius 2 is 2.12 bits per heavy atom. The quantitative estimate of drug-likeness (QED) is 0.868. The largest absolute Gasteiger partial charge is 0.396 e.